The highest BCUT2D eigenvalue weighted by atomic mass is 16.6. The van der Waals surface area contributed by atoms with E-state index in [0.717, 1.165) is 25.7 Å². The van der Waals surface area contributed by atoms with E-state index >= 15 is 0 Å². The SMILES string of the molecule is CCCCC(CC)C(=O)OCCOCC(COCCO)OCCO. The quantitative estimate of drug-likeness (QED) is 0.300. The number of ether oxygens (including phenoxy) is 4. The predicted octanol–water partition coefficient (Wildman–Crippen LogP) is 1.15. The first-order chi connectivity index (χ1) is 11.7. The van der Waals surface area contributed by atoms with Gasteiger partial charge in [-0.15, -0.1) is 0 Å². The van der Waals surface area contributed by atoms with Gasteiger partial charge in [0.2, 0.25) is 0 Å². The van der Waals surface area contributed by atoms with Crippen LogP contribution in [0.5, 0.6) is 0 Å². The highest BCUT2D eigenvalue weighted by Gasteiger charge is 2.17. The lowest BCUT2D eigenvalue weighted by atomic mass is 10.00. The Morgan fingerprint density at radius 2 is 1.62 bits per heavy atom. The van der Waals surface area contributed by atoms with E-state index in [1.54, 1.807) is 0 Å². The van der Waals surface area contributed by atoms with Gasteiger partial charge in [0.25, 0.3) is 0 Å². The first-order valence-electron chi connectivity index (χ1n) is 8.84. The van der Waals surface area contributed by atoms with Crippen molar-refractivity contribution in [3.05, 3.63) is 0 Å². The molecule has 0 aromatic carbocycles. The van der Waals surface area contributed by atoms with Gasteiger partial charge in [0.15, 0.2) is 0 Å². The summed E-state index contributed by atoms with van der Waals surface area (Å²) in [5, 5.41) is 17.5. The van der Waals surface area contributed by atoms with Gasteiger partial charge in [0.1, 0.15) is 12.7 Å². The Kier molecular flexibility index (Phi) is 16.6. The Labute approximate surface area is 145 Å². The summed E-state index contributed by atoms with van der Waals surface area (Å²) in [5.41, 5.74) is 0. The Hall–Kier alpha value is -0.730. The van der Waals surface area contributed by atoms with Crippen molar-refractivity contribution in [2.24, 2.45) is 5.92 Å². The largest absolute Gasteiger partial charge is 0.463 e. The minimum Gasteiger partial charge on any atom is -0.463 e. The van der Waals surface area contributed by atoms with Crippen LogP contribution in [0.15, 0.2) is 0 Å². The second-order valence-corrected chi connectivity index (χ2v) is 5.50. The molecule has 0 radical (unpaired) electrons. The molecule has 0 heterocycles. The van der Waals surface area contributed by atoms with E-state index in [0.29, 0.717) is 0 Å². The Morgan fingerprint density at radius 3 is 2.21 bits per heavy atom. The number of unbranched alkanes of at least 4 members (excludes halogenated alkanes) is 1. The highest BCUT2D eigenvalue weighted by Crippen LogP contribution is 2.14. The lowest BCUT2D eigenvalue weighted by Crippen LogP contribution is -2.28. The zero-order chi connectivity index (χ0) is 18.0. The number of carbonyl (C=O) groups is 1. The van der Waals surface area contributed by atoms with Crippen LogP contribution in [0.1, 0.15) is 39.5 Å². The summed E-state index contributed by atoms with van der Waals surface area (Å²) in [7, 11) is 0. The molecule has 0 fully saturated rings. The van der Waals surface area contributed by atoms with Crippen LogP contribution < -0.4 is 0 Å². The molecule has 0 aliphatic heterocycles. The number of aliphatic hydroxyl groups excluding tert-OH is 2. The molecule has 2 unspecified atom stereocenters. The molecule has 2 atom stereocenters. The van der Waals surface area contributed by atoms with Crippen LogP contribution in [-0.4, -0.2) is 75.1 Å². The lowest BCUT2D eigenvalue weighted by Gasteiger charge is -2.18. The lowest BCUT2D eigenvalue weighted by molar-refractivity contribution is -0.151. The van der Waals surface area contributed by atoms with E-state index in [1.807, 2.05) is 6.92 Å². The van der Waals surface area contributed by atoms with Gasteiger partial charge in [-0.3, -0.25) is 4.79 Å². The van der Waals surface area contributed by atoms with E-state index in [2.05, 4.69) is 6.92 Å². The van der Waals surface area contributed by atoms with Crippen LogP contribution in [0.3, 0.4) is 0 Å². The zero-order valence-electron chi connectivity index (χ0n) is 15.1. The molecule has 0 aliphatic rings. The number of hydrogen-bond acceptors (Lipinski definition) is 7. The maximum atomic E-state index is 11.9. The van der Waals surface area contributed by atoms with Crippen molar-refractivity contribution in [1.29, 1.82) is 0 Å². The second kappa shape index (κ2) is 17.1. The first kappa shape index (κ1) is 23.3. The fourth-order valence-corrected chi connectivity index (χ4v) is 2.12. The molecule has 24 heavy (non-hydrogen) atoms. The molecule has 144 valence electrons. The summed E-state index contributed by atoms with van der Waals surface area (Å²) >= 11 is 0. The summed E-state index contributed by atoms with van der Waals surface area (Å²) in [5.74, 6) is -0.189. The number of aliphatic hydroxyl groups is 2. The average Bonchev–Trinajstić information content (AvgIpc) is 2.59. The average molecular weight is 350 g/mol. The van der Waals surface area contributed by atoms with Crippen LogP contribution in [-0.2, 0) is 23.7 Å². The van der Waals surface area contributed by atoms with Gasteiger partial charge >= 0.3 is 5.97 Å². The summed E-state index contributed by atoms with van der Waals surface area (Å²) < 4.78 is 21.3. The molecule has 0 saturated carbocycles. The molecule has 0 bridgehead atoms. The first-order valence-corrected chi connectivity index (χ1v) is 8.84. The third-order valence-corrected chi connectivity index (χ3v) is 3.49. The maximum absolute atomic E-state index is 11.9. The molecule has 0 saturated heterocycles. The zero-order valence-corrected chi connectivity index (χ0v) is 15.1. The van der Waals surface area contributed by atoms with E-state index in [4.69, 9.17) is 29.2 Å². The summed E-state index contributed by atoms with van der Waals surface area (Å²) in [4.78, 5) is 11.9. The minimum atomic E-state index is -0.327. The van der Waals surface area contributed by atoms with Crippen molar-refractivity contribution in [2.45, 2.75) is 45.6 Å². The topological polar surface area (TPSA) is 94.5 Å². The Morgan fingerprint density at radius 1 is 0.958 bits per heavy atom. The molecule has 0 rings (SSSR count). The van der Waals surface area contributed by atoms with Crippen molar-refractivity contribution < 1.29 is 34.0 Å². The molecular weight excluding hydrogens is 316 g/mol. The van der Waals surface area contributed by atoms with Crippen LogP contribution >= 0.6 is 0 Å². The minimum absolute atomic E-state index is 0.0301. The Bertz CT molecular complexity index is 286. The van der Waals surface area contributed by atoms with Crippen molar-refractivity contribution in [1.82, 2.24) is 0 Å². The van der Waals surface area contributed by atoms with Gasteiger partial charge < -0.3 is 29.2 Å². The third kappa shape index (κ3) is 12.7. The van der Waals surface area contributed by atoms with Crippen LogP contribution in [0.25, 0.3) is 0 Å². The third-order valence-electron chi connectivity index (χ3n) is 3.49. The number of esters is 1. The molecular formula is C17H34O7. The van der Waals surface area contributed by atoms with Crippen LogP contribution in [0, 0.1) is 5.92 Å². The summed E-state index contributed by atoms with van der Waals surface area (Å²) in [6.07, 6.45) is 3.43. The molecule has 0 aromatic heterocycles. The van der Waals surface area contributed by atoms with Gasteiger partial charge in [-0.05, 0) is 12.8 Å². The highest BCUT2D eigenvalue weighted by molar-refractivity contribution is 5.72. The van der Waals surface area contributed by atoms with E-state index in [-0.39, 0.29) is 70.8 Å². The van der Waals surface area contributed by atoms with Crippen LogP contribution in [0.4, 0.5) is 0 Å². The van der Waals surface area contributed by atoms with Crippen molar-refractivity contribution in [2.75, 3.05) is 52.9 Å². The molecule has 0 amide bonds. The maximum Gasteiger partial charge on any atom is 0.308 e. The van der Waals surface area contributed by atoms with Gasteiger partial charge in [-0.1, -0.05) is 26.7 Å². The van der Waals surface area contributed by atoms with E-state index in [9.17, 15) is 4.79 Å². The fourth-order valence-electron chi connectivity index (χ4n) is 2.12. The van der Waals surface area contributed by atoms with E-state index < -0.39 is 0 Å². The van der Waals surface area contributed by atoms with Gasteiger partial charge in [0, 0.05) is 0 Å². The van der Waals surface area contributed by atoms with Gasteiger partial charge in [-0.2, -0.15) is 0 Å². The van der Waals surface area contributed by atoms with Crippen molar-refractivity contribution in [3.63, 3.8) is 0 Å². The molecule has 2 N–H and O–H groups in total. The van der Waals surface area contributed by atoms with E-state index in [1.165, 1.54) is 0 Å². The van der Waals surface area contributed by atoms with Gasteiger partial charge in [0.05, 0.1) is 52.2 Å². The molecule has 0 aromatic rings. The van der Waals surface area contributed by atoms with Gasteiger partial charge in [-0.25, -0.2) is 0 Å². The smallest absolute Gasteiger partial charge is 0.308 e. The predicted molar refractivity (Wildman–Crippen MR) is 89.8 cm³/mol. The normalized spacial score (nSPS) is 13.7. The number of hydrogen-bond donors (Lipinski definition) is 2. The van der Waals surface area contributed by atoms with Crippen molar-refractivity contribution >= 4 is 5.97 Å². The Balaban J connectivity index is 3.86. The van der Waals surface area contributed by atoms with Crippen LogP contribution in [0.2, 0.25) is 0 Å². The number of rotatable bonds is 17. The molecule has 0 spiro atoms. The standard InChI is InChI=1S/C17H34O7/c1-3-5-6-15(4-2)17(20)24-12-11-22-14-16(23-10-8-19)13-21-9-7-18/h15-16,18-19H,3-14H2,1-2H3. The number of carbonyl (C=O) groups excluding carboxylic acids is 1. The fraction of sp³-hybridized carbons (Fsp3) is 0.941. The molecule has 0 aliphatic carbocycles. The summed E-state index contributed by atoms with van der Waals surface area (Å²) in [6.45, 7) is 5.43. The molecule has 7 nitrogen and oxygen atoms in total. The molecule has 7 heteroatoms. The summed E-state index contributed by atoms with van der Waals surface area (Å²) in [6, 6.07) is 0. The monoisotopic (exact) mass is 350 g/mol. The second-order valence-electron chi connectivity index (χ2n) is 5.50. The van der Waals surface area contributed by atoms with Crippen molar-refractivity contribution in [3.8, 4) is 0 Å².